The highest BCUT2D eigenvalue weighted by molar-refractivity contribution is 7.18. The van der Waals surface area contributed by atoms with Crippen molar-refractivity contribution in [1.29, 1.82) is 0 Å². The van der Waals surface area contributed by atoms with Crippen LogP contribution >= 0.6 is 11.3 Å². The van der Waals surface area contributed by atoms with Gasteiger partial charge in [-0.05, 0) is 71.0 Å². The largest absolute Gasteiger partial charge is 0.255 e. The van der Waals surface area contributed by atoms with Crippen molar-refractivity contribution in [2.45, 2.75) is 32.1 Å². The van der Waals surface area contributed by atoms with Gasteiger partial charge in [-0.3, -0.25) is 4.98 Å². The molecule has 138 valence electrons. The van der Waals surface area contributed by atoms with Crippen LogP contribution in [0.25, 0.3) is 32.1 Å². The number of aromatic nitrogens is 1. The summed E-state index contributed by atoms with van der Waals surface area (Å²) in [5, 5.41) is 0. The van der Waals surface area contributed by atoms with Gasteiger partial charge in [0.2, 0.25) is 0 Å². The zero-order chi connectivity index (χ0) is 19.1. The smallest absolute Gasteiger partial charge is 0.0801 e. The Kier molecular flexibility index (Phi) is 4.17. The summed E-state index contributed by atoms with van der Waals surface area (Å²) in [6, 6.07) is 26.5. The Morgan fingerprint density at radius 3 is 2.29 bits per heavy atom. The molecule has 2 aromatic heterocycles. The predicted molar refractivity (Wildman–Crippen MR) is 120 cm³/mol. The maximum absolute atomic E-state index is 4.50. The summed E-state index contributed by atoms with van der Waals surface area (Å²) >= 11 is 1.82. The third kappa shape index (κ3) is 2.48. The maximum atomic E-state index is 4.50. The lowest BCUT2D eigenvalue weighted by Crippen LogP contribution is -2.23. The van der Waals surface area contributed by atoms with Crippen molar-refractivity contribution in [3.05, 3.63) is 90.1 Å². The van der Waals surface area contributed by atoms with E-state index in [-0.39, 0.29) is 5.41 Å². The minimum absolute atomic E-state index is 0.128. The Hall–Kier alpha value is -2.71. The predicted octanol–water partition coefficient (Wildman–Crippen LogP) is 7.56. The van der Waals surface area contributed by atoms with Crippen LogP contribution in [-0.2, 0) is 5.41 Å². The van der Waals surface area contributed by atoms with Gasteiger partial charge in [-0.1, -0.05) is 56.3 Å². The molecule has 0 unspecified atom stereocenters. The molecule has 28 heavy (non-hydrogen) atoms. The van der Waals surface area contributed by atoms with Gasteiger partial charge in [-0.2, -0.15) is 0 Å². The summed E-state index contributed by atoms with van der Waals surface area (Å²) in [5.74, 6) is 0. The molecule has 0 N–H and O–H groups in total. The molecule has 2 heteroatoms. The molecule has 0 saturated carbocycles. The Balaban J connectivity index is 1.63. The summed E-state index contributed by atoms with van der Waals surface area (Å²) in [6.07, 6.45) is 4.11. The molecule has 0 bridgehead atoms. The summed E-state index contributed by atoms with van der Waals surface area (Å²) < 4.78 is 0. The molecule has 1 aliphatic carbocycles. The van der Waals surface area contributed by atoms with Crippen LogP contribution in [0.5, 0.6) is 0 Å². The van der Waals surface area contributed by atoms with Gasteiger partial charge in [-0.25, -0.2) is 0 Å². The lowest BCUT2D eigenvalue weighted by atomic mass is 9.73. The number of nitrogens with zero attached hydrogens (tertiary/aromatic N) is 1. The molecule has 5 rings (SSSR count). The van der Waals surface area contributed by atoms with Crippen molar-refractivity contribution in [1.82, 2.24) is 4.98 Å². The number of thiophene rings is 1. The highest BCUT2D eigenvalue weighted by Crippen LogP contribution is 2.53. The fourth-order valence-electron chi connectivity index (χ4n) is 4.76. The zero-order valence-corrected chi connectivity index (χ0v) is 17.1. The SMILES string of the molecule is CCC1(CC)c2ccccc2-c2ccc(-c3ccc(-c4ccccn4)s3)cc21. The summed E-state index contributed by atoms with van der Waals surface area (Å²) in [6.45, 7) is 4.65. The number of fused-ring (bicyclic) bond motifs is 3. The van der Waals surface area contributed by atoms with E-state index in [0.717, 1.165) is 18.5 Å². The first-order chi connectivity index (χ1) is 13.8. The summed E-state index contributed by atoms with van der Waals surface area (Å²) in [7, 11) is 0. The molecule has 0 atom stereocenters. The normalized spacial score (nSPS) is 13.9. The fraction of sp³-hybridized carbons (Fsp3) is 0.192. The Morgan fingerprint density at radius 1 is 0.750 bits per heavy atom. The number of rotatable bonds is 4. The molecule has 0 saturated heterocycles. The number of hydrogen-bond acceptors (Lipinski definition) is 2. The first kappa shape index (κ1) is 17.4. The van der Waals surface area contributed by atoms with Crippen LogP contribution < -0.4 is 0 Å². The van der Waals surface area contributed by atoms with Gasteiger partial charge in [-0.15, -0.1) is 11.3 Å². The Labute approximate surface area is 170 Å². The van der Waals surface area contributed by atoms with E-state index in [9.17, 15) is 0 Å². The molecule has 0 spiro atoms. The highest BCUT2D eigenvalue weighted by Gasteiger charge is 2.40. The van der Waals surface area contributed by atoms with Gasteiger partial charge >= 0.3 is 0 Å². The average Bonchev–Trinajstić information content (AvgIpc) is 3.36. The Bertz CT molecular complexity index is 1140. The fourth-order valence-corrected chi connectivity index (χ4v) is 5.74. The van der Waals surface area contributed by atoms with Crippen LogP contribution in [0, 0.1) is 0 Å². The lowest BCUT2D eigenvalue weighted by molar-refractivity contribution is 0.490. The van der Waals surface area contributed by atoms with E-state index in [2.05, 4.69) is 79.5 Å². The second kappa shape index (κ2) is 6.72. The van der Waals surface area contributed by atoms with E-state index in [1.807, 2.05) is 29.7 Å². The molecule has 4 aromatic rings. The monoisotopic (exact) mass is 381 g/mol. The van der Waals surface area contributed by atoms with Crippen molar-refractivity contribution in [3.63, 3.8) is 0 Å². The number of hydrogen-bond donors (Lipinski definition) is 0. The molecule has 1 aliphatic rings. The van der Waals surface area contributed by atoms with Crippen LogP contribution in [0.1, 0.15) is 37.8 Å². The number of benzene rings is 2. The van der Waals surface area contributed by atoms with Crippen molar-refractivity contribution < 1.29 is 0 Å². The van der Waals surface area contributed by atoms with Gasteiger partial charge in [0.05, 0.1) is 10.6 Å². The summed E-state index contributed by atoms with van der Waals surface area (Å²) in [4.78, 5) is 7.03. The first-order valence-corrected chi connectivity index (χ1v) is 10.8. The zero-order valence-electron chi connectivity index (χ0n) is 16.3. The third-order valence-electron chi connectivity index (χ3n) is 6.28. The van der Waals surface area contributed by atoms with E-state index < -0.39 is 0 Å². The topological polar surface area (TPSA) is 12.9 Å². The molecular formula is C26H23NS. The molecule has 0 radical (unpaired) electrons. The van der Waals surface area contributed by atoms with Crippen LogP contribution in [0.4, 0.5) is 0 Å². The minimum Gasteiger partial charge on any atom is -0.255 e. The second-order valence-corrected chi connectivity index (χ2v) is 8.56. The molecule has 0 amide bonds. The summed E-state index contributed by atoms with van der Waals surface area (Å²) in [5.41, 5.74) is 8.28. The van der Waals surface area contributed by atoms with Crippen LogP contribution in [0.3, 0.4) is 0 Å². The lowest BCUT2D eigenvalue weighted by Gasteiger charge is -2.29. The quantitative estimate of drug-likeness (QED) is 0.355. The number of pyridine rings is 1. The second-order valence-electron chi connectivity index (χ2n) is 7.47. The molecule has 2 heterocycles. The van der Waals surface area contributed by atoms with E-state index in [1.165, 1.54) is 37.6 Å². The highest BCUT2D eigenvalue weighted by atomic mass is 32.1. The average molecular weight is 382 g/mol. The van der Waals surface area contributed by atoms with E-state index in [4.69, 9.17) is 0 Å². The molecule has 1 nitrogen and oxygen atoms in total. The van der Waals surface area contributed by atoms with Gasteiger partial charge in [0, 0.05) is 16.5 Å². The molecular weight excluding hydrogens is 358 g/mol. The standard InChI is InChI=1S/C26H23NS/c1-3-26(4-2)21-10-6-5-9-19(21)20-13-12-18(17-22(20)26)24-14-15-25(28-24)23-11-7-8-16-27-23/h5-17H,3-4H2,1-2H3. The van der Waals surface area contributed by atoms with E-state index >= 15 is 0 Å². The van der Waals surface area contributed by atoms with Crippen molar-refractivity contribution in [2.24, 2.45) is 0 Å². The molecule has 0 fully saturated rings. The van der Waals surface area contributed by atoms with Crippen molar-refractivity contribution in [2.75, 3.05) is 0 Å². The minimum atomic E-state index is 0.128. The van der Waals surface area contributed by atoms with Gasteiger partial charge in [0.1, 0.15) is 0 Å². The van der Waals surface area contributed by atoms with Gasteiger partial charge in [0.15, 0.2) is 0 Å². The van der Waals surface area contributed by atoms with Crippen molar-refractivity contribution >= 4 is 11.3 Å². The van der Waals surface area contributed by atoms with Crippen LogP contribution in [0.15, 0.2) is 79.0 Å². The molecule has 0 aliphatic heterocycles. The maximum Gasteiger partial charge on any atom is 0.0801 e. The first-order valence-electron chi connectivity index (χ1n) is 10.0. The molecule has 2 aromatic carbocycles. The van der Waals surface area contributed by atoms with E-state index in [1.54, 1.807) is 0 Å². The van der Waals surface area contributed by atoms with Gasteiger partial charge < -0.3 is 0 Å². The van der Waals surface area contributed by atoms with Crippen molar-refractivity contribution in [3.8, 4) is 32.1 Å². The van der Waals surface area contributed by atoms with Gasteiger partial charge in [0.25, 0.3) is 0 Å². The van der Waals surface area contributed by atoms with E-state index in [0.29, 0.717) is 0 Å². The Morgan fingerprint density at radius 2 is 1.50 bits per heavy atom. The third-order valence-corrected chi connectivity index (χ3v) is 7.44. The van der Waals surface area contributed by atoms with Crippen LogP contribution in [-0.4, -0.2) is 4.98 Å². The van der Waals surface area contributed by atoms with Crippen LogP contribution in [0.2, 0.25) is 0 Å².